The molecule has 5 aromatic rings. The molecule has 44 heavy (non-hydrogen) atoms. The van der Waals surface area contributed by atoms with Crippen LogP contribution < -0.4 is 9.80 Å². The van der Waals surface area contributed by atoms with Gasteiger partial charge < -0.3 is 9.80 Å². The Bertz CT molecular complexity index is 1380. The third-order valence-corrected chi connectivity index (χ3v) is 8.64. The van der Waals surface area contributed by atoms with Gasteiger partial charge in [-0.1, -0.05) is 104 Å². The molecular formula is C42H48N2. The van der Waals surface area contributed by atoms with Gasteiger partial charge >= 0.3 is 0 Å². The van der Waals surface area contributed by atoms with Crippen LogP contribution in [0.25, 0.3) is 0 Å². The Morgan fingerprint density at radius 3 is 0.523 bits per heavy atom. The lowest BCUT2D eigenvalue weighted by molar-refractivity contribution is 0.865. The Morgan fingerprint density at radius 1 is 0.250 bits per heavy atom. The fourth-order valence-electron chi connectivity index (χ4n) is 5.68. The second-order valence-corrected chi connectivity index (χ2v) is 13.2. The summed E-state index contributed by atoms with van der Waals surface area (Å²) in [6.45, 7) is 18.0. The Labute approximate surface area is 266 Å². The highest BCUT2D eigenvalue weighted by atomic mass is 15.2. The molecule has 0 amide bonds. The van der Waals surface area contributed by atoms with Crippen molar-refractivity contribution in [3.8, 4) is 0 Å². The molecule has 226 valence electrons. The van der Waals surface area contributed by atoms with E-state index in [9.17, 15) is 0 Å². The molecule has 0 atom stereocenters. The number of nitrogens with zero attached hydrogens (tertiary/aromatic N) is 2. The van der Waals surface area contributed by atoms with Gasteiger partial charge in [0.1, 0.15) is 0 Å². The van der Waals surface area contributed by atoms with Gasteiger partial charge in [-0.25, -0.2) is 0 Å². The maximum atomic E-state index is 2.36. The molecule has 0 N–H and O–H groups in total. The summed E-state index contributed by atoms with van der Waals surface area (Å²) in [6.07, 6.45) is 0. The van der Waals surface area contributed by atoms with Crippen LogP contribution in [0.1, 0.15) is 101 Å². The maximum absolute atomic E-state index is 2.36. The predicted octanol–water partition coefficient (Wildman–Crippen LogP) is 13.1. The highest BCUT2D eigenvalue weighted by Gasteiger charge is 2.17. The van der Waals surface area contributed by atoms with E-state index in [4.69, 9.17) is 0 Å². The number of anilines is 6. The molecule has 0 heterocycles. The van der Waals surface area contributed by atoms with E-state index in [0.29, 0.717) is 23.7 Å². The summed E-state index contributed by atoms with van der Waals surface area (Å²) in [4.78, 5) is 4.72. The smallest absolute Gasteiger partial charge is 0.0463 e. The molecule has 5 rings (SSSR count). The third kappa shape index (κ3) is 6.91. The molecule has 5 aromatic carbocycles. The van der Waals surface area contributed by atoms with Crippen LogP contribution in [0.5, 0.6) is 0 Å². The minimum atomic E-state index is 0.497. The van der Waals surface area contributed by atoms with Gasteiger partial charge in [0.2, 0.25) is 0 Å². The van der Waals surface area contributed by atoms with Crippen molar-refractivity contribution in [1.82, 2.24) is 0 Å². The zero-order valence-corrected chi connectivity index (χ0v) is 27.8. The normalized spacial score (nSPS) is 11.5. The zero-order chi connectivity index (χ0) is 31.4. The van der Waals surface area contributed by atoms with Gasteiger partial charge in [0.05, 0.1) is 0 Å². The van der Waals surface area contributed by atoms with Crippen LogP contribution in [-0.4, -0.2) is 0 Å². The number of benzene rings is 5. The minimum absolute atomic E-state index is 0.497. The Hall–Kier alpha value is -4.30. The molecule has 0 unspecified atom stereocenters. The Balaban J connectivity index is 1.57. The molecule has 0 saturated carbocycles. The van der Waals surface area contributed by atoms with E-state index in [-0.39, 0.29) is 0 Å². The Morgan fingerprint density at radius 2 is 0.386 bits per heavy atom. The van der Waals surface area contributed by atoms with Crippen LogP contribution >= 0.6 is 0 Å². The van der Waals surface area contributed by atoms with E-state index >= 15 is 0 Å². The van der Waals surface area contributed by atoms with E-state index in [2.05, 4.69) is 187 Å². The average Bonchev–Trinajstić information content (AvgIpc) is 3.03. The van der Waals surface area contributed by atoms with Crippen LogP contribution in [0, 0.1) is 0 Å². The van der Waals surface area contributed by atoms with Crippen molar-refractivity contribution >= 4 is 34.1 Å². The summed E-state index contributed by atoms with van der Waals surface area (Å²) in [5.74, 6) is 1.99. The molecule has 0 spiro atoms. The summed E-state index contributed by atoms with van der Waals surface area (Å²) >= 11 is 0. The number of hydrogen-bond donors (Lipinski definition) is 0. The minimum Gasteiger partial charge on any atom is -0.311 e. The summed E-state index contributed by atoms with van der Waals surface area (Å²) in [7, 11) is 0. The Kier molecular flexibility index (Phi) is 9.59. The molecule has 0 aliphatic rings. The number of rotatable bonds is 10. The van der Waals surface area contributed by atoms with Gasteiger partial charge in [-0.05, 0) is 119 Å². The summed E-state index contributed by atoms with van der Waals surface area (Å²) < 4.78 is 0. The van der Waals surface area contributed by atoms with E-state index < -0.39 is 0 Å². The van der Waals surface area contributed by atoms with Crippen LogP contribution in [0.3, 0.4) is 0 Å². The van der Waals surface area contributed by atoms with Crippen LogP contribution in [0.2, 0.25) is 0 Å². The predicted molar refractivity (Wildman–Crippen MR) is 192 cm³/mol. The SMILES string of the molecule is CC(C)c1ccc(N(c2ccc(C(C)C)cc2)c2ccc(N(c3ccc(C(C)C)cc3)c3ccc(C(C)C)cc3)cc2)cc1. The first-order chi connectivity index (χ1) is 21.1. The first-order valence-electron chi connectivity index (χ1n) is 16.2. The molecule has 0 bridgehead atoms. The highest BCUT2D eigenvalue weighted by molar-refractivity contribution is 5.81. The molecule has 0 radical (unpaired) electrons. The molecular weight excluding hydrogens is 532 g/mol. The highest BCUT2D eigenvalue weighted by Crippen LogP contribution is 2.40. The van der Waals surface area contributed by atoms with Crippen molar-refractivity contribution in [2.45, 2.75) is 79.1 Å². The van der Waals surface area contributed by atoms with Gasteiger partial charge in [0.15, 0.2) is 0 Å². The molecule has 0 aliphatic heterocycles. The molecule has 2 nitrogen and oxygen atoms in total. The lowest BCUT2D eigenvalue weighted by atomic mass is 10.0. The fourth-order valence-corrected chi connectivity index (χ4v) is 5.68. The largest absolute Gasteiger partial charge is 0.311 e. The van der Waals surface area contributed by atoms with Gasteiger partial charge in [-0.2, -0.15) is 0 Å². The van der Waals surface area contributed by atoms with Gasteiger partial charge in [0.25, 0.3) is 0 Å². The van der Waals surface area contributed by atoms with Crippen LogP contribution in [0.15, 0.2) is 121 Å². The average molecular weight is 581 g/mol. The van der Waals surface area contributed by atoms with Crippen molar-refractivity contribution in [2.75, 3.05) is 9.80 Å². The van der Waals surface area contributed by atoms with Gasteiger partial charge in [-0.15, -0.1) is 0 Å². The molecule has 2 heteroatoms. The quantitative estimate of drug-likeness (QED) is 0.162. The van der Waals surface area contributed by atoms with Crippen molar-refractivity contribution in [1.29, 1.82) is 0 Å². The van der Waals surface area contributed by atoms with E-state index in [0.717, 1.165) is 34.1 Å². The van der Waals surface area contributed by atoms with Crippen molar-refractivity contribution in [2.24, 2.45) is 0 Å². The molecule has 0 fully saturated rings. The van der Waals surface area contributed by atoms with Crippen molar-refractivity contribution in [3.05, 3.63) is 144 Å². The van der Waals surface area contributed by atoms with Crippen LogP contribution in [0.4, 0.5) is 34.1 Å². The van der Waals surface area contributed by atoms with E-state index in [1.54, 1.807) is 0 Å². The first-order valence-corrected chi connectivity index (χ1v) is 16.2. The summed E-state index contributed by atoms with van der Waals surface area (Å²) in [5, 5.41) is 0. The maximum Gasteiger partial charge on any atom is 0.0463 e. The molecule has 0 saturated heterocycles. The monoisotopic (exact) mass is 580 g/mol. The summed E-state index contributed by atoms with van der Waals surface area (Å²) in [5.41, 5.74) is 12.3. The number of hydrogen-bond acceptors (Lipinski definition) is 2. The van der Waals surface area contributed by atoms with Gasteiger partial charge in [-0.3, -0.25) is 0 Å². The van der Waals surface area contributed by atoms with Crippen molar-refractivity contribution < 1.29 is 0 Å². The second-order valence-electron chi connectivity index (χ2n) is 13.2. The van der Waals surface area contributed by atoms with Crippen molar-refractivity contribution in [3.63, 3.8) is 0 Å². The fraction of sp³-hybridized carbons (Fsp3) is 0.286. The topological polar surface area (TPSA) is 6.48 Å². The third-order valence-electron chi connectivity index (χ3n) is 8.64. The standard InChI is InChI=1S/C42H48N2/c1-29(2)33-9-17-37(18-10-33)43(38-19-11-34(12-20-38)30(3)4)41-25-27-42(28-26-41)44(39-21-13-35(14-22-39)31(5)6)40-23-15-36(16-24-40)32(7)8/h9-32H,1-8H3. The van der Waals surface area contributed by atoms with E-state index in [1.807, 2.05) is 0 Å². The zero-order valence-electron chi connectivity index (χ0n) is 27.8. The summed E-state index contributed by atoms with van der Waals surface area (Å²) in [6, 6.07) is 45.0. The lowest BCUT2D eigenvalue weighted by Crippen LogP contribution is -2.12. The van der Waals surface area contributed by atoms with Crippen LogP contribution in [-0.2, 0) is 0 Å². The molecule has 0 aliphatic carbocycles. The second kappa shape index (κ2) is 13.6. The van der Waals surface area contributed by atoms with E-state index in [1.165, 1.54) is 22.3 Å². The first kappa shape index (κ1) is 31.1. The lowest BCUT2D eigenvalue weighted by Gasteiger charge is -2.29. The van der Waals surface area contributed by atoms with Gasteiger partial charge in [0, 0.05) is 34.1 Å². The molecule has 0 aromatic heterocycles.